The predicted molar refractivity (Wildman–Crippen MR) is 121 cm³/mol. The molecule has 0 atom stereocenters. The highest BCUT2D eigenvalue weighted by molar-refractivity contribution is 6.04. The number of urea groups is 1. The monoisotopic (exact) mass is 418 g/mol. The van der Waals surface area contributed by atoms with Crippen LogP contribution in [0.5, 0.6) is 5.75 Å². The summed E-state index contributed by atoms with van der Waals surface area (Å²) in [7, 11) is 0. The number of halogens is 1. The Hall–Kier alpha value is -3.87. The predicted octanol–water partition coefficient (Wildman–Crippen LogP) is 6.00. The van der Waals surface area contributed by atoms with Gasteiger partial charge in [0.2, 0.25) is 0 Å². The molecule has 7 heteroatoms. The Morgan fingerprint density at radius 1 is 0.935 bits per heavy atom. The van der Waals surface area contributed by atoms with Gasteiger partial charge >= 0.3 is 6.03 Å². The number of benzene rings is 3. The minimum absolute atomic E-state index is 0.345. The van der Waals surface area contributed by atoms with Crippen molar-refractivity contribution in [2.24, 2.45) is 0 Å². The normalized spacial score (nSPS) is 10.7. The third-order valence-corrected chi connectivity index (χ3v) is 4.81. The summed E-state index contributed by atoms with van der Waals surface area (Å²) >= 11 is 0. The van der Waals surface area contributed by atoms with Crippen molar-refractivity contribution in [3.05, 3.63) is 72.8 Å². The molecule has 0 unspecified atom stereocenters. The maximum atomic E-state index is 12.5. The summed E-state index contributed by atoms with van der Waals surface area (Å²) in [5.41, 5.74) is 3.64. The smallest absolute Gasteiger partial charge is 0.324 e. The Balaban J connectivity index is 1.40. The van der Waals surface area contributed by atoms with Gasteiger partial charge in [0.15, 0.2) is 5.82 Å². The molecule has 2 amide bonds. The molecule has 6 nitrogen and oxygen atoms in total. The summed E-state index contributed by atoms with van der Waals surface area (Å²) in [5, 5.41) is 13.4. The van der Waals surface area contributed by atoms with Crippen molar-refractivity contribution >= 4 is 28.4 Å². The minimum atomic E-state index is -0.393. The first-order valence-corrected chi connectivity index (χ1v) is 10.1. The number of anilines is 2. The molecule has 1 heterocycles. The summed E-state index contributed by atoms with van der Waals surface area (Å²) in [6, 6.07) is 22.7. The van der Waals surface area contributed by atoms with E-state index in [1.54, 1.807) is 6.07 Å². The second-order valence-corrected chi connectivity index (χ2v) is 7.05. The van der Waals surface area contributed by atoms with Crippen LogP contribution in [-0.4, -0.2) is 29.5 Å². The van der Waals surface area contributed by atoms with Crippen LogP contribution in [0.3, 0.4) is 0 Å². The highest BCUT2D eigenvalue weighted by Gasteiger charge is 2.11. The van der Waals surface area contributed by atoms with Crippen LogP contribution in [0.1, 0.15) is 12.8 Å². The Labute approximate surface area is 179 Å². The molecular weight excluding hydrogens is 395 g/mol. The highest BCUT2D eigenvalue weighted by Crippen LogP contribution is 2.26. The quantitative estimate of drug-likeness (QED) is 0.307. The first-order valence-electron chi connectivity index (χ1n) is 10.1. The number of carbonyl (C=O) groups excluding carboxylic acids is 1. The van der Waals surface area contributed by atoms with Gasteiger partial charge in [-0.3, -0.25) is 14.8 Å². The van der Waals surface area contributed by atoms with E-state index in [1.165, 1.54) is 0 Å². The molecule has 0 saturated carbocycles. The lowest BCUT2D eigenvalue weighted by Crippen LogP contribution is -2.19. The average molecular weight is 418 g/mol. The SMILES string of the molecule is O=C(Nc1ccc(-c2ccccc2)cc1)Nc1n[nH]c2ccc(OCCCCF)cc12. The van der Waals surface area contributed by atoms with E-state index in [-0.39, 0.29) is 6.67 Å². The van der Waals surface area contributed by atoms with Gasteiger partial charge in [-0.25, -0.2) is 4.79 Å². The van der Waals surface area contributed by atoms with Gasteiger partial charge in [0.05, 0.1) is 18.8 Å². The maximum Gasteiger partial charge on any atom is 0.324 e. The molecule has 3 aromatic carbocycles. The lowest BCUT2D eigenvalue weighted by atomic mass is 10.1. The molecule has 4 rings (SSSR count). The summed E-state index contributed by atoms with van der Waals surface area (Å²) < 4.78 is 17.9. The first kappa shape index (κ1) is 20.4. The number of unbranched alkanes of at least 4 members (excludes halogenated alkanes) is 1. The van der Waals surface area contributed by atoms with Crippen LogP contribution in [0.15, 0.2) is 72.8 Å². The zero-order valence-corrected chi connectivity index (χ0v) is 16.9. The van der Waals surface area contributed by atoms with E-state index in [2.05, 4.69) is 20.8 Å². The molecule has 0 bridgehead atoms. The van der Waals surface area contributed by atoms with Gasteiger partial charge in [-0.1, -0.05) is 42.5 Å². The molecule has 31 heavy (non-hydrogen) atoms. The average Bonchev–Trinajstić information content (AvgIpc) is 3.19. The number of H-pyrrole nitrogens is 1. The van der Waals surface area contributed by atoms with Crippen LogP contribution in [0, 0.1) is 0 Å². The fourth-order valence-electron chi connectivity index (χ4n) is 3.21. The Kier molecular flexibility index (Phi) is 6.42. The Morgan fingerprint density at radius 2 is 1.71 bits per heavy atom. The number of nitrogens with zero attached hydrogens (tertiary/aromatic N) is 1. The Morgan fingerprint density at radius 3 is 2.48 bits per heavy atom. The van der Waals surface area contributed by atoms with Gasteiger partial charge in [-0.2, -0.15) is 5.10 Å². The lowest BCUT2D eigenvalue weighted by molar-refractivity contribution is 0.262. The van der Waals surface area contributed by atoms with E-state index in [0.29, 0.717) is 36.7 Å². The maximum absolute atomic E-state index is 12.5. The van der Waals surface area contributed by atoms with Crippen LogP contribution in [0.2, 0.25) is 0 Å². The van der Waals surface area contributed by atoms with Crippen LogP contribution in [-0.2, 0) is 0 Å². The standard InChI is InChI=1S/C24H23FN4O2/c25-14-4-5-15-31-20-12-13-22-21(16-20)23(29-28-22)27-24(30)26-19-10-8-18(9-11-19)17-6-2-1-3-7-17/h1-3,6-13,16H,4-5,14-15H2,(H3,26,27,28,29,30). The van der Waals surface area contributed by atoms with Gasteiger partial charge in [0.1, 0.15) is 5.75 Å². The molecule has 1 aromatic heterocycles. The van der Waals surface area contributed by atoms with Crippen LogP contribution in [0.4, 0.5) is 20.7 Å². The summed E-state index contributed by atoms with van der Waals surface area (Å²) in [5.74, 6) is 1.05. The zero-order chi connectivity index (χ0) is 21.5. The minimum Gasteiger partial charge on any atom is -0.494 e. The molecule has 0 aliphatic rings. The fourth-order valence-corrected chi connectivity index (χ4v) is 3.21. The first-order chi connectivity index (χ1) is 15.2. The number of rotatable bonds is 8. The van der Waals surface area contributed by atoms with Crippen molar-refractivity contribution in [1.29, 1.82) is 0 Å². The van der Waals surface area contributed by atoms with Gasteiger partial charge in [0.25, 0.3) is 0 Å². The number of carbonyl (C=O) groups is 1. The van der Waals surface area contributed by atoms with Crippen LogP contribution in [0.25, 0.3) is 22.0 Å². The van der Waals surface area contributed by atoms with Crippen LogP contribution < -0.4 is 15.4 Å². The molecule has 0 radical (unpaired) electrons. The van der Waals surface area contributed by atoms with Crippen molar-refractivity contribution in [3.63, 3.8) is 0 Å². The molecule has 3 N–H and O–H groups in total. The van der Waals surface area contributed by atoms with Crippen LogP contribution >= 0.6 is 0 Å². The van der Waals surface area contributed by atoms with Crippen molar-refractivity contribution in [2.45, 2.75) is 12.8 Å². The number of aromatic nitrogens is 2. The van der Waals surface area contributed by atoms with Gasteiger partial charge in [0, 0.05) is 11.1 Å². The number of amides is 2. The number of fused-ring (bicyclic) bond motifs is 1. The van der Waals surface area contributed by atoms with Crippen molar-refractivity contribution in [3.8, 4) is 16.9 Å². The Bertz CT molecular complexity index is 1140. The van der Waals surface area contributed by atoms with Gasteiger partial charge in [-0.05, 0) is 54.3 Å². The van der Waals surface area contributed by atoms with E-state index in [4.69, 9.17) is 4.74 Å². The molecule has 0 aliphatic heterocycles. The topological polar surface area (TPSA) is 79.0 Å². The molecule has 158 valence electrons. The molecular formula is C24H23FN4O2. The number of hydrogen-bond donors (Lipinski definition) is 3. The number of nitrogens with one attached hydrogen (secondary N) is 3. The number of alkyl halides is 1. The third-order valence-electron chi connectivity index (χ3n) is 4.81. The number of aromatic amines is 1. The van der Waals surface area contributed by atoms with Gasteiger partial charge < -0.3 is 10.1 Å². The van der Waals surface area contributed by atoms with E-state index in [0.717, 1.165) is 22.0 Å². The zero-order valence-electron chi connectivity index (χ0n) is 16.9. The van der Waals surface area contributed by atoms with Crippen molar-refractivity contribution in [2.75, 3.05) is 23.9 Å². The second kappa shape index (κ2) is 9.75. The number of ether oxygens (including phenoxy) is 1. The fraction of sp³-hybridized carbons (Fsp3) is 0.167. The summed E-state index contributed by atoms with van der Waals surface area (Å²) in [4.78, 5) is 12.5. The lowest BCUT2D eigenvalue weighted by Gasteiger charge is -2.08. The van der Waals surface area contributed by atoms with Gasteiger partial charge in [-0.15, -0.1) is 0 Å². The van der Waals surface area contributed by atoms with Crippen molar-refractivity contribution < 1.29 is 13.9 Å². The molecule has 0 spiro atoms. The molecule has 0 aliphatic carbocycles. The molecule has 0 fully saturated rings. The summed E-state index contributed by atoms with van der Waals surface area (Å²) in [6.07, 6.45) is 1.13. The molecule has 0 saturated heterocycles. The highest BCUT2D eigenvalue weighted by atomic mass is 19.1. The third kappa shape index (κ3) is 5.19. The van der Waals surface area contributed by atoms with Crippen molar-refractivity contribution in [1.82, 2.24) is 10.2 Å². The van der Waals surface area contributed by atoms with E-state index < -0.39 is 6.03 Å². The largest absolute Gasteiger partial charge is 0.494 e. The summed E-state index contributed by atoms with van der Waals surface area (Å²) in [6.45, 7) is 0.0950. The van der Waals surface area contributed by atoms with E-state index in [9.17, 15) is 9.18 Å². The van der Waals surface area contributed by atoms with E-state index >= 15 is 0 Å². The number of hydrogen-bond acceptors (Lipinski definition) is 3. The second-order valence-electron chi connectivity index (χ2n) is 7.05. The van der Waals surface area contributed by atoms with E-state index in [1.807, 2.05) is 66.7 Å². The molecule has 4 aromatic rings.